The molecule has 208 valence electrons. The van der Waals surface area contributed by atoms with Gasteiger partial charge in [-0.3, -0.25) is 13.9 Å². The van der Waals surface area contributed by atoms with Gasteiger partial charge in [-0.1, -0.05) is 47.0 Å². The van der Waals surface area contributed by atoms with Crippen LogP contribution in [0.1, 0.15) is 25.0 Å². The first kappa shape index (κ1) is 30.3. The molecule has 1 atom stereocenters. The maximum atomic E-state index is 13.9. The van der Waals surface area contributed by atoms with Crippen LogP contribution in [0.25, 0.3) is 0 Å². The maximum absolute atomic E-state index is 13.9. The predicted molar refractivity (Wildman–Crippen MR) is 154 cm³/mol. The van der Waals surface area contributed by atoms with Gasteiger partial charge >= 0.3 is 0 Å². The zero-order chi connectivity index (χ0) is 28.7. The summed E-state index contributed by atoms with van der Waals surface area (Å²) in [7, 11) is -2.71. The van der Waals surface area contributed by atoms with E-state index in [1.54, 1.807) is 56.3 Å². The van der Waals surface area contributed by atoms with Gasteiger partial charge in [0.2, 0.25) is 11.8 Å². The second-order valence-electron chi connectivity index (χ2n) is 8.82. The normalized spacial score (nSPS) is 11.9. The van der Waals surface area contributed by atoms with Crippen molar-refractivity contribution in [1.82, 2.24) is 10.2 Å². The lowest BCUT2D eigenvalue weighted by molar-refractivity contribution is -0.139. The van der Waals surface area contributed by atoms with Gasteiger partial charge in [-0.05, 0) is 69.3 Å². The summed E-state index contributed by atoms with van der Waals surface area (Å²) >= 11 is 12.8. The molecule has 0 aromatic heterocycles. The molecule has 0 aliphatic carbocycles. The Bertz CT molecular complexity index is 1390. The molecular formula is C28H31Cl2N3O5S. The highest BCUT2D eigenvalue weighted by Gasteiger charge is 2.33. The standard InChI is InChI=1S/C28H31Cl2N3O5S/c1-5-31-28(35)20(3)32(17-24-25(29)7-6-8-26(24)30)27(34)18-33(21-11-9-19(2)10-12-21)39(36,37)23-15-13-22(38-4)14-16-23/h6-16,20H,5,17-18H2,1-4H3,(H,31,35)/t20-/m1/s1. The van der Waals surface area contributed by atoms with Gasteiger partial charge in [0.25, 0.3) is 10.0 Å². The molecule has 0 fully saturated rings. The summed E-state index contributed by atoms with van der Waals surface area (Å²) in [4.78, 5) is 28.0. The molecule has 8 nitrogen and oxygen atoms in total. The Morgan fingerprint density at radius 1 is 0.974 bits per heavy atom. The number of benzene rings is 3. The quantitative estimate of drug-likeness (QED) is 0.336. The molecule has 0 aliphatic rings. The number of aryl methyl sites for hydroxylation is 1. The lowest BCUT2D eigenvalue weighted by Gasteiger charge is -2.32. The van der Waals surface area contributed by atoms with E-state index in [0.717, 1.165) is 9.87 Å². The molecule has 0 aliphatic heterocycles. The van der Waals surface area contributed by atoms with Crippen LogP contribution in [0.4, 0.5) is 5.69 Å². The fourth-order valence-corrected chi connectivity index (χ4v) is 5.80. The summed E-state index contributed by atoms with van der Waals surface area (Å²) < 4.78 is 33.9. The van der Waals surface area contributed by atoms with Crippen LogP contribution in [0.2, 0.25) is 10.0 Å². The van der Waals surface area contributed by atoms with Crippen molar-refractivity contribution < 1.29 is 22.7 Å². The summed E-state index contributed by atoms with van der Waals surface area (Å²) in [6.45, 7) is 4.91. The number of methoxy groups -OCH3 is 1. The average Bonchev–Trinajstić information content (AvgIpc) is 2.92. The first-order chi connectivity index (χ1) is 18.5. The van der Waals surface area contributed by atoms with Crippen molar-refractivity contribution in [3.05, 3.63) is 87.9 Å². The van der Waals surface area contributed by atoms with Crippen LogP contribution >= 0.6 is 23.2 Å². The number of carbonyl (C=O) groups is 2. The van der Waals surface area contributed by atoms with Gasteiger partial charge in [-0.2, -0.15) is 0 Å². The van der Waals surface area contributed by atoms with E-state index in [1.807, 2.05) is 6.92 Å². The van der Waals surface area contributed by atoms with E-state index in [4.69, 9.17) is 27.9 Å². The van der Waals surface area contributed by atoms with Crippen LogP contribution in [-0.2, 0) is 26.2 Å². The van der Waals surface area contributed by atoms with Crippen LogP contribution in [-0.4, -0.2) is 51.4 Å². The molecule has 0 unspecified atom stereocenters. The molecule has 0 spiro atoms. The molecule has 3 aromatic rings. The SMILES string of the molecule is CCNC(=O)[C@@H](C)N(Cc1c(Cl)cccc1Cl)C(=O)CN(c1ccc(C)cc1)S(=O)(=O)c1ccc(OC)cc1. The zero-order valence-corrected chi connectivity index (χ0v) is 24.5. The summed E-state index contributed by atoms with van der Waals surface area (Å²) in [6, 6.07) is 16.7. The van der Waals surface area contributed by atoms with E-state index < -0.39 is 34.4 Å². The number of halogens is 2. The molecule has 3 rings (SSSR count). The third-order valence-corrected chi connectivity index (χ3v) is 8.65. The summed E-state index contributed by atoms with van der Waals surface area (Å²) in [5.41, 5.74) is 1.67. The predicted octanol–water partition coefficient (Wildman–Crippen LogP) is 5.06. The molecule has 11 heteroatoms. The van der Waals surface area contributed by atoms with Crippen LogP contribution in [0.3, 0.4) is 0 Å². The number of nitrogens with zero attached hydrogens (tertiary/aromatic N) is 2. The van der Waals surface area contributed by atoms with Crippen molar-refractivity contribution in [1.29, 1.82) is 0 Å². The molecule has 0 saturated carbocycles. The van der Waals surface area contributed by atoms with E-state index in [2.05, 4.69) is 5.32 Å². The Kier molecular flexibility index (Phi) is 10.2. The second-order valence-corrected chi connectivity index (χ2v) is 11.5. The number of hydrogen-bond donors (Lipinski definition) is 1. The average molecular weight is 593 g/mol. The lowest BCUT2D eigenvalue weighted by Crippen LogP contribution is -2.51. The number of hydrogen-bond acceptors (Lipinski definition) is 5. The Balaban J connectivity index is 2.06. The van der Waals surface area contributed by atoms with Crippen molar-refractivity contribution in [3.8, 4) is 5.75 Å². The van der Waals surface area contributed by atoms with Crippen LogP contribution in [0.5, 0.6) is 5.75 Å². The molecule has 0 heterocycles. The van der Waals surface area contributed by atoms with E-state index in [1.165, 1.54) is 36.3 Å². The van der Waals surface area contributed by atoms with Gasteiger partial charge in [0, 0.05) is 28.7 Å². The minimum atomic E-state index is -4.19. The van der Waals surface area contributed by atoms with E-state index in [9.17, 15) is 18.0 Å². The Labute approximate surface area is 239 Å². The lowest BCUT2D eigenvalue weighted by atomic mass is 10.1. The molecular weight excluding hydrogens is 561 g/mol. The minimum Gasteiger partial charge on any atom is -0.497 e. The third kappa shape index (κ3) is 7.23. The number of carbonyl (C=O) groups excluding carboxylic acids is 2. The van der Waals surface area contributed by atoms with E-state index in [-0.39, 0.29) is 11.4 Å². The smallest absolute Gasteiger partial charge is 0.264 e. The number of sulfonamides is 1. The van der Waals surface area contributed by atoms with Gasteiger partial charge in [0.05, 0.1) is 17.7 Å². The largest absolute Gasteiger partial charge is 0.497 e. The summed E-state index contributed by atoms with van der Waals surface area (Å²) in [5, 5.41) is 3.36. The highest BCUT2D eigenvalue weighted by molar-refractivity contribution is 7.92. The number of anilines is 1. The Morgan fingerprint density at radius 2 is 1.56 bits per heavy atom. The third-order valence-electron chi connectivity index (χ3n) is 6.16. The number of ether oxygens (including phenoxy) is 1. The fourth-order valence-electron chi connectivity index (χ4n) is 3.87. The highest BCUT2D eigenvalue weighted by atomic mass is 35.5. The van der Waals surface area contributed by atoms with Crippen LogP contribution in [0.15, 0.2) is 71.6 Å². The van der Waals surface area contributed by atoms with Gasteiger partial charge < -0.3 is 15.0 Å². The fraction of sp³-hybridized carbons (Fsp3) is 0.286. The van der Waals surface area contributed by atoms with Gasteiger partial charge in [0.1, 0.15) is 18.3 Å². The van der Waals surface area contributed by atoms with Crippen LogP contribution in [0, 0.1) is 6.92 Å². The molecule has 39 heavy (non-hydrogen) atoms. The van der Waals surface area contributed by atoms with Gasteiger partial charge in [-0.15, -0.1) is 0 Å². The number of nitrogens with one attached hydrogen (secondary N) is 1. The Morgan fingerprint density at radius 3 is 2.10 bits per heavy atom. The number of rotatable bonds is 11. The van der Waals surface area contributed by atoms with Crippen molar-refractivity contribution in [2.45, 2.75) is 38.3 Å². The van der Waals surface area contributed by atoms with Gasteiger partial charge in [0.15, 0.2) is 0 Å². The molecule has 0 bridgehead atoms. The first-order valence-corrected chi connectivity index (χ1v) is 14.4. The number of amides is 2. The molecule has 0 saturated heterocycles. The zero-order valence-electron chi connectivity index (χ0n) is 22.1. The van der Waals surface area contributed by atoms with Crippen molar-refractivity contribution in [3.63, 3.8) is 0 Å². The monoisotopic (exact) mass is 591 g/mol. The van der Waals surface area contributed by atoms with E-state index in [0.29, 0.717) is 33.6 Å². The minimum absolute atomic E-state index is 0.0193. The highest BCUT2D eigenvalue weighted by Crippen LogP contribution is 2.29. The van der Waals surface area contributed by atoms with Crippen molar-refractivity contribution in [2.24, 2.45) is 0 Å². The molecule has 2 amide bonds. The number of likely N-dealkylation sites (N-methyl/N-ethyl adjacent to an activating group) is 1. The van der Waals surface area contributed by atoms with Crippen molar-refractivity contribution in [2.75, 3.05) is 24.5 Å². The second kappa shape index (κ2) is 13.2. The molecule has 0 radical (unpaired) electrons. The Hall–Kier alpha value is -3.27. The molecule has 1 N–H and O–H groups in total. The van der Waals surface area contributed by atoms with E-state index >= 15 is 0 Å². The topological polar surface area (TPSA) is 96.0 Å². The van der Waals surface area contributed by atoms with Crippen LogP contribution < -0.4 is 14.4 Å². The van der Waals surface area contributed by atoms with Crippen molar-refractivity contribution >= 4 is 50.7 Å². The summed E-state index contributed by atoms with van der Waals surface area (Å²) in [5.74, 6) is -0.512. The molecule has 3 aromatic carbocycles. The summed E-state index contributed by atoms with van der Waals surface area (Å²) in [6.07, 6.45) is 0. The maximum Gasteiger partial charge on any atom is 0.264 e. The first-order valence-electron chi connectivity index (χ1n) is 12.2. The van der Waals surface area contributed by atoms with Gasteiger partial charge in [-0.25, -0.2) is 8.42 Å².